The minimum Gasteiger partial charge on any atom is -0.543 e. The number of nitrogens with zero attached hydrogens (tertiary/aromatic N) is 6. The normalized spacial score (nSPS) is 10.7. The van der Waals surface area contributed by atoms with E-state index in [1.54, 1.807) is 46.5 Å². The van der Waals surface area contributed by atoms with Crippen LogP contribution in [0.5, 0.6) is 0 Å². The summed E-state index contributed by atoms with van der Waals surface area (Å²) in [5.41, 5.74) is 2.70. The standard InChI is InChI=1S/C28H28N6O4.2C6H15N.2ClHO4.H2O.Pb/c35-27(36)25-11-5-9-23(31-25)19-33(17-21-7-1-3-13-29-21)15-16-34(18-22-8-2-4-14-30-22)20-24-10-6-12-26(32-24)28(37)38;2*1-4-7(5-2)6-3;2*2-1(3,4)5;;/h1-14H,15-20H2,(H,35,36)(H,37,38);2*4-6H2,1-3H3;2*(H,2,3,4,5);1H2;/q;;;;;;+2/p-2. The number of rotatable bonds is 19. The van der Waals surface area contributed by atoms with E-state index in [0.717, 1.165) is 11.4 Å². The van der Waals surface area contributed by atoms with Gasteiger partial charge in [-0.2, -0.15) is 0 Å². The molecular weight excluding hydrogens is 1080 g/mol. The van der Waals surface area contributed by atoms with Crippen LogP contribution in [-0.4, -0.2) is 127 Å². The molecule has 4 heterocycles. The second-order valence-electron chi connectivity index (χ2n) is 13.0. The fraction of sp³-hybridized carbons (Fsp3) is 0.450. The molecule has 24 heteroatoms. The Bertz CT molecular complexity index is 1630. The van der Waals surface area contributed by atoms with E-state index in [1.807, 2.05) is 36.4 Å². The van der Waals surface area contributed by atoms with Crippen LogP contribution in [0, 0.1) is 20.5 Å². The Balaban J connectivity index is -0.00000117. The summed E-state index contributed by atoms with van der Waals surface area (Å²) in [7, 11) is -9.89. The van der Waals surface area contributed by atoms with Crippen LogP contribution >= 0.6 is 0 Å². The first-order valence-corrected chi connectivity index (χ1v) is 22.1. The topological polar surface area (TPSA) is 363 Å². The molecule has 4 aromatic rings. The Labute approximate surface area is 399 Å². The Kier molecular flexibility index (Phi) is 37.2. The molecular formula is C40H60Cl2N8O13Pb. The number of quaternary nitrogens is 2. The molecule has 21 nitrogen and oxygen atoms in total. The van der Waals surface area contributed by atoms with Crippen LogP contribution in [0.15, 0.2) is 85.2 Å². The zero-order chi connectivity index (χ0) is 47.1. The first-order valence-electron chi connectivity index (χ1n) is 19.6. The molecule has 0 saturated heterocycles. The van der Waals surface area contributed by atoms with Gasteiger partial charge in [0, 0.05) is 51.7 Å². The van der Waals surface area contributed by atoms with Crippen LogP contribution in [0.3, 0.4) is 0 Å². The second kappa shape index (κ2) is 36.7. The van der Waals surface area contributed by atoms with Gasteiger partial charge in [-0.3, -0.25) is 29.7 Å². The Hall–Kier alpha value is -3.48. The molecule has 0 spiro atoms. The van der Waals surface area contributed by atoms with Crippen molar-refractivity contribution in [3.05, 3.63) is 119 Å². The zero-order valence-electron chi connectivity index (χ0n) is 36.9. The maximum atomic E-state index is 11.3. The molecule has 4 rings (SSSR count). The molecule has 0 fully saturated rings. The average molecular weight is 1140 g/mol. The quantitative estimate of drug-likeness (QED) is 0.0823. The molecule has 0 aliphatic heterocycles. The number of halogens is 2. The Morgan fingerprint density at radius 1 is 0.484 bits per heavy atom. The number of carboxylic acids is 2. The predicted octanol–water partition coefficient (Wildman–Crippen LogP) is -10.2. The molecule has 0 unspecified atom stereocenters. The van der Waals surface area contributed by atoms with Gasteiger partial charge in [-0.15, -0.1) is 20.5 Å². The van der Waals surface area contributed by atoms with E-state index in [9.17, 15) is 19.8 Å². The molecule has 64 heavy (non-hydrogen) atoms. The van der Waals surface area contributed by atoms with Crippen molar-refractivity contribution < 1.29 is 92.8 Å². The molecule has 356 valence electrons. The van der Waals surface area contributed by atoms with Gasteiger partial charge in [0.25, 0.3) is 0 Å². The van der Waals surface area contributed by atoms with Crippen molar-refractivity contribution in [1.82, 2.24) is 29.7 Å². The molecule has 0 amide bonds. The minimum atomic E-state index is -4.94. The summed E-state index contributed by atoms with van der Waals surface area (Å²) in [4.78, 5) is 47.5. The van der Waals surface area contributed by atoms with Crippen LogP contribution in [-0.2, 0) is 26.2 Å². The van der Waals surface area contributed by atoms with Crippen molar-refractivity contribution in [2.24, 2.45) is 0 Å². The Morgan fingerprint density at radius 2 is 0.750 bits per heavy atom. The molecule has 0 atom stereocenters. The van der Waals surface area contributed by atoms with Gasteiger partial charge in [0.2, 0.25) is 0 Å². The van der Waals surface area contributed by atoms with Crippen molar-refractivity contribution in [2.45, 2.75) is 67.7 Å². The van der Waals surface area contributed by atoms with Gasteiger partial charge in [-0.05, 0) is 90.1 Å². The van der Waals surface area contributed by atoms with E-state index in [2.05, 4.69) is 71.3 Å². The third-order valence-electron chi connectivity index (χ3n) is 8.76. The number of carbonyl (C=O) groups excluding carboxylic acids is 2. The van der Waals surface area contributed by atoms with E-state index < -0.39 is 32.4 Å². The fourth-order valence-corrected chi connectivity index (χ4v) is 5.47. The monoisotopic (exact) mass is 1140 g/mol. The number of aromatic carboxylic acids is 2. The van der Waals surface area contributed by atoms with Gasteiger partial charge in [0.1, 0.15) is 0 Å². The van der Waals surface area contributed by atoms with Crippen LogP contribution in [0.1, 0.15) is 85.3 Å². The summed E-state index contributed by atoms with van der Waals surface area (Å²) in [6.07, 6.45) is 3.46. The number of nitrogens with one attached hydrogen (secondary N) is 2. The van der Waals surface area contributed by atoms with E-state index in [-0.39, 0.29) is 44.2 Å². The predicted molar refractivity (Wildman–Crippen MR) is 208 cm³/mol. The van der Waals surface area contributed by atoms with Gasteiger partial charge < -0.3 is 35.1 Å². The molecule has 4 N–H and O–H groups in total. The van der Waals surface area contributed by atoms with Crippen LogP contribution in [0.2, 0.25) is 0 Å². The van der Waals surface area contributed by atoms with Crippen LogP contribution < -0.4 is 57.3 Å². The van der Waals surface area contributed by atoms with Crippen molar-refractivity contribution in [3.8, 4) is 0 Å². The SMILES string of the molecule is CC[NH+](CC)CC.CC[NH+](CC)CC.O.O=C([O-])c1cccc(CN(CCN(Cc2ccccn2)Cc2cccc(C(=O)[O-])n2)Cc2ccccn2)n1.[O-][Cl+3]([O-])([O-])[O-].[O-][Cl+3]([O-])([O-])[O-].[Pb+2]. The first kappa shape index (κ1) is 64.8. The number of pyridine rings is 4. The summed E-state index contributed by atoms with van der Waals surface area (Å²) < 4.78 is 67.9. The molecule has 2 radical (unpaired) electrons. The molecule has 0 aliphatic carbocycles. The maximum absolute atomic E-state index is 11.3. The van der Waals surface area contributed by atoms with E-state index in [1.165, 1.54) is 51.4 Å². The molecule has 0 saturated carbocycles. The smallest absolute Gasteiger partial charge is 0.543 e. The number of carboxylic acid groups (broad SMARTS) is 2. The molecule has 4 aromatic heterocycles. The molecule has 0 aliphatic rings. The van der Waals surface area contributed by atoms with Crippen molar-refractivity contribution >= 4 is 39.2 Å². The number of hydrogen-bond acceptors (Lipinski definition) is 18. The van der Waals surface area contributed by atoms with Crippen molar-refractivity contribution in [2.75, 3.05) is 52.4 Å². The third kappa shape index (κ3) is 35.8. The first-order chi connectivity index (χ1) is 29.1. The number of hydrogen-bond donors (Lipinski definition) is 2. The number of carbonyl (C=O) groups is 2. The molecule has 0 aromatic carbocycles. The van der Waals surface area contributed by atoms with E-state index in [0.29, 0.717) is 50.7 Å². The van der Waals surface area contributed by atoms with Gasteiger partial charge in [0.15, 0.2) is 0 Å². The third-order valence-corrected chi connectivity index (χ3v) is 8.76. The Morgan fingerprint density at radius 3 is 0.969 bits per heavy atom. The van der Waals surface area contributed by atoms with E-state index >= 15 is 0 Å². The fourth-order valence-electron chi connectivity index (χ4n) is 5.47. The zero-order valence-corrected chi connectivity index (χ0v) is 42.3. The van der Waals surface area contributed by atoms with Gasteiger partial charge in [0.05, 0.1) is 85.4 Å². The second-order valence-corrected chi connectivity index (χ2v) is 14.6. The summed E-state index contributed by atoms with van der Waals surface area (Å²) >= 11 is 0. The minimum absolute atomic E-state index is 0. The van der Waals surface area contributed by atoms with E-state index in [4.69, 9.17) is 37.3 Å². The van der Waals surface area contributed by atoms with Gasteiger partial charge >= 0.3 is 27.3 Å². The van der Waals surface area contributed by atoms with Gasteiger partial charge in [-0.1, -0.05) is 24.3 Å². The average Bonchev–Trinajstić information content (AvgIpc) is 3.21. The van der Waals surface area contributed by atoms with Gasteiger partial charge in [-0.25, -0.2) is 37.3 Å². The van der Waals surface area contributed by atoms with Crippen molar-refractivity contribution in [1.29, 1.82) is 0 Å². The maximum Gasteiger partial charge on any atom is 2.00 e. The summed E-state index contributed by atoms with van der Waals surface area (Å²) in [5.74, 6) is -2.65. The summed E-state index contributed by atoms with van der Waals surface area (Å²) in [6.45, 7) is 24.0. The summed E-state index contributed by atoms with van der Waals surface area (Å²) in [6, 6.07) is 21.1. The summed E-state index contributed by atoms with van der Waals surface area (Å²) in [5, 5.41) is 22.6. The largest absolute Gasteiger partial charge is 2.00 e. The molecule has 0 bridgehead atoms. The number of aromatic nitrogens is 4. The van der Waals surface area contributed by atoms with Crippen LogP contribution in [0.4, 0.5) is 0 Å². The van der Waals surface area contributed by atoms with Crippen LogP contribution in [0.25, 0.3) is 0 Å². The van der Waals surface area contributed by atoms with Crippen molar-refractivity contribution in [3.63, 3.8) is 0 Å².